The van der Waals surface area contributed by atoms with Gasteiger partial charge in [-0.1, -0.05) is 37.3 Å². The predicted octanol–water partition coefficient (Wildman–Crippen LogP) is 3.42. The number of aromatic hydroxyl groups is 2. The van der Waals surface area contributed by atoms with Crippen LogP contribution in [-0.2, 0) is 6.42 Å². The van der Waals surface area contributed by atoms with Gasteiger partial charge in [0.1, 0.15) is 0 Å². The van der Waals surface area contributed by atoms with Gasteiger partial charge in [-0.15, -0.1) is 0 Å². The SMILES string of the molecule is C[C@H]1Cc2cc(O)c(O)cc2[C@@H]1c1ccccc1. The fourth-order valence-corrected chi connectivity index (χ4v) is 3.04. The van der Waals surface area contributed by atoms with Crippen molar-refractivity contribution in [1.82, 2.24) is 0 Å². The molecule has 0 unspecified atom stereocenters. The number of rotatable bonds is 1. The standard InChI is InChI=1S/C16H16O2/c1-10-7-12-8-14(17)15(18)9-13(12)16(10)11-5-3-2-4-6-11/h2-6,8-10,16-18H,7H2,1H3/t10-,16-/m0/s1. The Morgan fingerprint density at radius 2 is 1.67 bits per heavy atom. The molecule has 0 amide bonds. The molecule has 3 rings (SSSR count). The van der Waals surface area contributed by atoms with Crippen LogP contribution in [0.15, 0.2) is 42.5 Å². The van der Waals surface area contributed by atoms with Crippen molar-refractivity contribution in [3.05, 3.63) is 59.2 Å². The summed E-state index contributed by atoms with van der Waals surface area (Å²) in [6, 6.07) is 13.8. The van der Waals surface area contributed by atoms with Gasteiger partial charge in [-0.3, -0.25) is 0 Å². The molecule has 0 aliphatic heterocycles. The van der Waals surface area contributed by atoms with Crippen LogP contribution in [0.5, 0.6) is 11.5 Å². The third-order valence-corrected chi connectivity index (χ3v) is 3.84. The Hall–Kier alpha value is -1.96. The summed E-state index contributed by atoms with van der Waals surface area (Å²) in [5.41, 5.74) is 3.56. The van der Waals surface area contributed by atoms with Crippen molar-refractivity contribution in [2.75, 3.05) is 0 Å². The number of hydrogen-bond acceptors (Lipinski definition) is 2. The lowest BCUT2D eigenvalue weighted by Gasteiger charge is -2.17. The number of phenols is 2. The average Bonchev–Trinajstić information content (AvgIpc) is 2.66. The number of benzene rings is 2. The highest BCUT2D eigenvalue weighted by atomic mass is 16.3. The van der Waals surface area contributed by atoms with E-state index in [0.717, 1.165) is 17.5 Å². The normalized spacial score (nSPS) is 21.8. The Morgan fingerprint density at radius 3 is 2.39 bits per heavy atom. The molecular formula is C16H16O2. The van der Waals surface area contributed by atoms with Gasteiger partial charge >= 0.3 is 0 Å². The summed E-state index contributed by atoms with van der Waals surface area (Å²) in [7, 11) is 0. The molecule has 2 aromatic rings. The van der Waals surface area contributed by atoms with Gasteiger partial charge < -0.3 is 10.2 Å². The molecule has 2 aromatic carbocycles. The topological polar surface area (TPSA) is 40.5 Å². The number of hydrogen-bond donors (Lipinski definition) is 2. The van der Waals surface area contributed by atoms with Crippen LogP contribution >= 0.6 is 0 Å². The monoisotopic (exact) mass is 240 g/mol. The maximum absolute atomic E-state index is 9.68. The summed E-state index contributed by atoms with van der Waals surface area (Å²) in [5, 5.41) is 19.3. The molecule has 0 radical (unpaired) electrons. The third-order valence-electron chi connectivity index (χ3n) is 3.84. The van der Waals surface area contributed by atoms with Gasteiger partial charge in [0.25, 0.3) is 0 Å². The highest BCUT2D eigenvalue weighted by Crippen LogP contribution is 2.45. The van der Waals surface area contributed by atoms with Crippen molar-refractivity contribution in [3.8, 4) is 11.5 Å². The molecule has 0 fully saturated rings. The van der Waals surface area contributed by atoms with Gasteiger partial charge in [0.15, 0.2) is 11.5 Å². The van der Waals surface area contributed by atoms with E-state index in [1.54, 1.807) is 12.1 Å². The fourth-order valence-electron chi connectivity index (χ4n) is 3.04. The minimum atomic E-state index is -0.0243. The molecule has 0 bridgehead atoms. The molecule has 2 atom stereocenters. The van der Waals surface area contributed by atoms with E-state index in [9.17, 15) is 10.2 Å². The Balaban J connectivity index is 2.12. The van der Waals surface area contributed by atoms with Crippen LogP contribution < -0.4 is 0 Å². The van der Waals surface area contributed by atoms with Crippen molar-refractivity contribution in [2.45, 2.75) is 19.3 Å². The Morgan fingerprint density at radius 1 is 1.00 bits per heavy atom. The summed E-state index contributed by atoms with van der Waals surface area (Å²) in [6.07, 6.45) is 0.947. The molecule has 92 valence electrons. The van der Waals surface area contributed by atoms with Crippen LogP contribution in [0.2, 0.25) is 0 Å². The smallest absolute Gasteiger partial charge is 0.157 e. The minimum absolute atomic E-state index is 0.0188. The van der Waals surface area contributed by atoms with E-state index in [1.165, 1.54) is 5.56 Å². The lowest BCUT2D eigenvalue weighted by atomic mass is 9.87. The van der Waals surface area contributed by atoms with Crippen molar-refractivity contribution < 1.29 is 10.2 Å². The van der Waals surface area contributed by atoms with Gasteiger partial charge in [0, 0.05) is 5.92 Å². The van der Waals surface area contributed by atoms with E-state index in [4.69, 9.17) is 0 Å². The van der Waals surface area contributed by atoms with Crippen molar-refractivity contribution in [3.63, 3.8) is 0 Å². The Kier molecular flexibility index (Phi) is 2.51. The van der Waals surface area contributed by atoms with Gasteiger partial charge in [-0.2, -0.15) is 0 Å². The van der Waals surface area contributed by atoms with Crippen molar-refractivity contribution in [1.29, 1.82) is 0 Å². The second-order valence-electron chi connectivity index (χ2n) is 5.11. The first kappa shape index (κ1) is 11.1. The summed E-state index contributed by atoms with van der Waals surface area (Å²) in [4.78, 5) is 0. The van der Waals surface area contributed by atoms with Crippen LogP contribution in [0.4, 0.5) is 0 Å². The third kappa shape index (κ3) is 1.65. The van der Waals surface area contributed by atoms with E-state index >= 15 is 0 Å². The van der Waals surface area contributed by atoms with Gasteiger partial charge in [-0.05, 0) is 41.2 Å². The highest BCUT2D eigenvalue weighted by molar-refractivity contribution is 5.52. The largest absolute Gasteiger partial charge is 0.504 e. The molecule has 1 aliphatic rings. The van der Waals surface area contributed by atoms with Gasteiger partial charge in [0.2, 0.25) is 0 Å². The minimum Gasteiger partial charge on any atom is -0.504 e. The van der Waals surface area contributed by atoms with E-state index in [1.807, 2.05) is 18.2 Å². The van der Waals surface area contributed by atoms with Crippen LogP contribution in [0.1, 0.15) is 29.5 Å². The first-order valence-electron chi connectivity index (χ1n) is 6.26. The van der Waals surface area contributed by atoms with E-state index in [0.29, 0.717) is 11.8 Å². The highest BCUT2D eigenvalue weighted by Gasteiger charge is 2.31. The van der Waals surface area contributed by atoms with Crippen LogP contribution in [0, 0.1) is 5.92 Å². The first-order chi connectivity index (χ1) is 8.66. The molecule has 2 N–H and O–H groups in total. The molecular weight excluding hydrogens is 224 g/mol. The Bertz CT molecular complexity index is 575. The van der Waals surface area contributed by atoms with E-state index < -0.39 is 0 Å². The number of fused-ring (bicyclic) bond motifs is 1. The van der Waals surface area contributed by atoms with Crippen molar-refractivity contribution >= 4 is 0 Å². The maximum atomic E-state index is 9.68. The summed E-state index contributed by atoms with van der Waals surface area (Å²) < 4.78 is 0. The first-order valence-corrected chi connectivity index (χ1v) is 6.26. The molecule has 0 heterocycles. The summed E-state index contributed by atoms with van der Waals surface area (Å²) in [5.74, 6) is 0.759. The summed E-state index contributed by atoms with van der Waals surface area (Å²) >= 11 is 0. The maximum Gasteiger partial charge on any atom is 0.157 e. The Labute approximate surface area is 107 Å². The van der Waals surface area contributed by atoms with Crippen LogP contribution in [0.3, 0.4) is 0 Å². The molecule has 0 saturated carbocycles. The quantitative estimate of drug-likeness (QED) is 0.750. The molecule has 2 heteroatoms. The summed E-state index contributed by atoms with van der Waals surface area (Å²) in [6.45, 7) is 2.21. The van der Waals surface area contributed by atoms with Crippen LogP contribution in [-0.4, -0.2) is 10.2 Å². The fraction of sp³-hybridized carbons (Fsp3) is 0.250. The molecule has 2 nitrogen and oxygen atoms in total. The van der Waals surface area contributed by atoms with Gasteiger partial charge in [0.05, 0.1) is 0 Å². The molecule has 1 aliphatic carbocycles. The number of phenolic OH excluding ortho intramolecular Hbond substituents is 2. The molecule has 0 saturated heterocycles. The van der Waals surface area contributed by atoms with Gasteiger partial charge in [-0.25, -0.2) is 0 Å². The second-order valence-corrected chi connectivity index (χ2v) is 5.11. The molecule has 0 aromatic heterocycles. The van der Waals surface area contributed by atoms with Crippen LogP contribution in [0.25, 0.3) is 0 Å². The lowest BCUT2D eigenvalue weighted by Crippen LogP contribution is -2.05. The van der Waals surface area contributed by atoms with Crippen molar-refractivity contribution in [2.24, 2.45) is 5.92 Å². The zero-order valence-corrected chi connectivity index (χ0v) is 10.3. The zero-order valence-electron chi connectivity index (χ0n) is 10.3. The van der Waals surface area contributed by atoms with E-state index in [2.05, 4.69) is 19.1 Å². The predicted molar refractivity (Wildman–Crippen MR) is 70.9 cm³/mol. The lowest BCUT2D eigenvalue weighted by molar-refractivity contribution is 0.403. The zero-order chi connectivity index (χ0) is 12.7. The molecule has 0 spiro atoms. The molecule has 18 heavy (non-hydrogen) atoms. The second kappa shape index (κ2) is 4.05. The average molecular weight is 240 g/mol. The van der Waals surface area contributed by atoms with E-state index in [-0.39, 0.29) is 11.5 Å².